The summed E-state index contributed by atoms with van der Waals surface area (Å²) in [6.07, 6.45) is 5.18. The summed E-state index contributed by atoms with van der Waals surface area (Å²) < 4.78 is 0. The van der Waals surface area contributed by atoms with Gasteiger partial charge in [0.25, 0.3) is 6.85 Å². The van der Waals surface area contributed by atoms with Crippen molar-refractivity contribution in [2.75, 3.05) is 16.8 Å². The smallest absolute Gasteiger partial charge is 0.278 e. The van der Waals surface area contributed by atoms with Crippen LogP contribution < -0.4 is 20.6 Å². The van der Waals surface area contributed by atoms with Gasteiger partial charge in [0.05, 0.1) is 18.7 Å². The van der Waals surface area contributed by atoms with Gasteiger partial charge in [-0.1, -0.05) is 47.5 Å². The molecule has 7 nitrogen and oxygen atoms in total. The van der Waals surface area contributed by atoms with Gasteiger partial charge in [-0.25, -0.2) is 5.10 Å². The van der Waals surface area contributed by atoms with Gasteiger partial charge in [0.15, 0.2) is 0 Å². The van der Waals surface area contributed by atoms with Crippen molar-refractivity contribution in [3.63, 3.8) is 0 Å². The zero-order valence-electron chi connectivity index (χ0n) is 20.3. The fourth-order valence-electron chi connectivity index (χ4n) is 5.64. The molecular weight excluding hydrogens is 652 g/mol. The SMILES string of the molecule is CN1[CH-]N(c2[c-]c3c(cc2)-c2ccccc2N2B3c3[c-]c(-n4nccn4)ccc3-c3ccccc32)C=N1.[Pt]. The van der Waals surface area contributed by atoms with E-state index in [1.165, 1.54) is 28.1 Å². The molecule has 0 saturated heterocycles. The van der Waals surface area contributed by atoms with Crippen molar-refractivity contribution < 1.29 is 21.1 Å². The Bertz CT molecular complexity index is 1720. The topological polar surface area (TPSA) is 52.8 Å². The third-order valence-corrected chi connectivity index (χ3v) is 7.20. The number of fused-ring (bicyclic) bond motifs is 11. The summed E-state index contributed by atoms with van der Waals surface area (Å²) in [7, 11) is 1.92. The first-order valence-electron chi connectivity index (χ1n) is 12.1. The molecular formula is C29H19BN7Pt-3. The van der Waals surface area contributed by atoms with Gasteiger partial charge < -0.3 is 14.7 Å². The molecule has 0 amide bonds. The molecule has 0 atom stereocenters. The van der Waals surface area contributed by atoms with Crippen molar-refractivity contribution in [3.05, 3.63) is 104 Å². The quantitative estimate of drug-likeness (QED) is 0.212. The molecule has 0 unspecified atom stereocenters. The largest absolute Gasteiger partial charge is 0.483 e. The van der Waals surface area contributed by atoms with Crippen LogP contribution in [0.5, 0.6) is 0 Å². The average molecular weight is 671 g/mol. The van der Waals surface area contributed by atoms with Crippen LogP contribution in [0.15, 0.2) is 90.3 Å². The van der Waals surface area contributed by atoms with Gasteiger partial charge in [0.2, 0.25) is 0 Å². The van der Waals surface area contributed by atoms with Gasteiger partial charge in [-0.3, -0.25) is 0 Å². The third kappa shape index (κ3) is 3.30. The van der Waals surface area contributed by atoms with Gasteiger partial charge in [-0.15, -0.1) is 35.6 Å². The van der Waals surface area contributed by atoms with E-state index in [1.54, 1.807) is 22.2 Å². The average Bonchev–Trinajstić information content (AvgIpc) is 3.65. The molecule has 9 heteroatoms. The zero-order valence-corrected chi connectivity index (χ0v) is 22.5. The second kappa shape index (κ2) is 8.71. The summed E-state index contributed by atoms with van der Waals surface area (Å²) >= 11 is 0. The number of benzene rings is 4. The Labute approximate surface area is 235 Å². The molecule has 38 heavy (non-hydrogen) atoms. The molecule has 0 saturated carbocycles. The Morgan fingerprint density at radius 1 is 0.711 bits per heavy atom. The predicted octanol–water partition coefficient (Wildman–Crippen LogP) is 3.58. The van der Waals surface area contributed by atoms with Crippen molar-refractivity contribution in [2.45, 2.75) is 0 Å². The number of para-hydroxylation sites is 2. The summed E-state index contributed by atoms with van der Waals surface area (Å²) in [5.41, 5.74) is 11.0. The molecule has 0 bridgehead atoms. The number of anilines is 3. The maximum absolute atomic E-state index is 4.36. The Balaban J connectivity index is 0.00000242. The minimum Gasteiger partial charge on any atom is -0.483 e. The fourth-order valence-corrected chi connectivity index (χ4v) is 5.64. The summed E-state index contributed by atoms with van der Waals surface area (Å²) in [6, 6.07) is 33.2. The first-order chi connectivity index (χ1) is 18.3. The van der Waals surface area contributed by atoms with Crippen LogP contribution in [0.4, 0.5) is 17.1 Å². The maximum atomic E-state index is 4.36. The molecule has 186 valence electrons. The molecule has 0 aliphatic carbocycles. The molecule has 0 spiro atoms. The van der Waals surface area contributed by atoms with E-state index < -0.39 is 0 Å². The van der Waals surface area contributed by atoms with Crippen LogP contribution in [0.2, 0.25) is 0 Å². The van der Waals surface area contributed by atoms with E-state index in [0.29, 0.717) is 0 Å². The summed E-state index contributed by atoms with van der Waals surface area (Å²) in [6.45, 7) is 1.83. The summed E-state index contributed by atoms with van der Waals surface area (Å²) in [4.78, 5) is 6.05. The number of nitrogens with zero attached hydrogens (tertiary/aromatic N) is 7. The van der Waals surface area contributed by atoms with E-state index in [9.17, 15) is 0 Å². The van der Waals surface area contributed by atoms with Crippen LogP contribution in [-0.4, -0.2) is 40.2 Å². The minimum atomic E-state index is -0.123. The van der Waals surface area contributed by atoms with Gasteiger partial charge in [0, 0.05) is 32.4 Å². The van der Waals surface area contributed by atoms with E-state index in [2.05, 4.69) is 99.0 Å². The normalized spacial score (nSPS) is 14.3. The Morgan fingerprint density at radius 3 is 1.89 bits per heavy atom. The van der Waals surface area contributed by atoms with Crippen molar-refractivity contribution in [1.82, 2.24) is 20.0 Å². The third-order valence-electron chi connectivity index (χ3n) is 7.20. The van der Waals surface area contributed by atoms with Gasteiger partial charge in [0.1, 0.15) is 0 Å². The predicted molar refractivity (Wildman–Crippen MR) is 147 cm³/mol. The van der Waals surface area contributed by atoms with Crippen molar-refractivity contribution in [1.29, 1.82) is 0 Å². The zero-order chi connectivity index (χ0) is 24.5. The minimum absolute atomic E-state index is 0. The van der Waals surface area contributed by atoms with Crippen molar-refractivity contribution in [3.8, 4) is 27.9 Å². The molecule has 0 N–H and O–H groups in total. The van der Waals surface area contributed by atoms with E-state index in [4.69, 9.17) is 0 Å². The van der Waals surface area contributed by atoms with Crippen LogP contribution in [0.25, 0.3) is 27.9 Å². The first-order valence-corrected chi connectivity index (χ1v) is 12.1. The van der Waals surface area contributed by atoms with Gasteiger partial charge >= 0.3 is 0 Å². The van der Waals surface area contributed by atoms with Crippen LogP contribution in [0, 0.1) is 18.8 Å². The maximum Gasteiger partial charge on any atom is 0.278 e. The van der Waals surface area contributed by atoms with E-state index in [0.717, 1.165) is 27.9 Å². The number of aromatic nitrogens is 3. The fraction of sp³-hybridized carbons (Fsp3) is 0.0345. The van der Waals surface area contributed by atoms with Gasteiger partial charge in [-0.05, 0) is 24.9 Å². The molecule has 3 aliphatic rings. The molecule has 5 aromatic rings. The summed E-state index contributed by atoms with van der Waals surface area (Å²) in [5, 5.41) is 14.9. The molecule has 3 aliphatic heterocycles. The molecule has 8 rings (SSSR count). The van der Waals surface area contributed by atoms with E-state index >= 15 is 0 Å². The van der Waals surface area contributed by atoms with Crippen LogP contribution >= 0.6 is 0 Å². The second-order valence-electron chi connectivity index (χ2n) is 9.29. The monoisotopic (exact) mass is 671 g/mol. The number of hydrazone groups is 1. The second-order valence-corrected chi connectivity index (χ2v) is 9.29. The van der Waals surface area contributed by atoms with Crippen molar-refractivity contribution in [2.24, 2.45) is 5.10 Å². The number of hydrogen-bond donors (Lipinski definition) is 0. The molecule has 4 aromatic carbocycles. The van der Waals surface area contributed by atoms with Crippen LogP contribution in [-0.2, 0) is 21.1 Å². The first kappa shape index (κ1) is 23.0. The van der Waals surface area contributed by atoms with Crippen LogP contribution in [0.1, 0.15) is 0 Å². The molecule has 1 aromatic heterocycles. The molecule has 0 fully saturated rings. The molecule has 4 heterocycles. The van der Waals surface area contributed by atoms with Crippen molar-refractivity contribution >= 4 is 41.2 Å². The van der Waals surface area contributed by atoms with E-state index in [1.807, 2.05) is 31.0 Å². The van der Waals surface area contributed by atoms with Gasteiger partial charge in [-0.2, -0.15) is 50.2 Å². The Morgan fingerprint density at radius 2 is 1.29 bits per heavy atom. The molecule has 0 radical (unpaired) electrons. The number of rotatable bonds is 2. The number of hydrogen-bond acceptors (Lipinski definition) is 6. The Kier molecular flexibility index (Phi) is 5.27. The standard InChI is InChI=1S/C29H19BN7.Pt/c1-34-19-35(18-33-34)20-10-12-22-24-6-2-4-8-28(24)36-29-9-5-3-7-25(29)23-13-11-21(37-31-14-15-32-37)17-27(23)30(36)26(22)16-20;/h2-15,18-19H,1H3;/q-3;. The van der Waals surface area contributed by atoms with E-state index in [-0.39, 0.29) is 27.9 Å². The summed E-state index contributed by atoms with van der Waals surface area (Å²) in [5.74, 6) is 0. The Hall–Kier alpha value is -4.16. The van der Waals surface area contributed by atoms with Crippen LogP contribution in [0.3, 0.4) is 0 Å².